The highest BCUT2D eigenvalue weighted by molar-refractivity contribution is 5.46. The van der Waals surface area contributed by atoms with Crippen LogP contribution < -0.4 is 0 Å². The Labute approximate surface area is 80.2 Å². The fourth-order valence-electron chi connectivity index (χ4n) is 1.24. The highest BCUT2D eigenvalue weighted by atomic mass is 14.6. The van der Waals surface area contributed by atoms with Crippen LogP contribution in [-0.4, -0.2) is 0 Å². The van der Waals surface area contributed by atoms with E-state index < -0.39 is 0 Å². The first-order valence-corrected chi connectivity index (χ1v) is 4.69. The molecular weight excluding hydrogens is 158 g/mol. The third-order valence-electron chi connectivity index (χ3n) is 2.05. The van der Waals surface area contributed by atoms with Crippen molar-refractivity contribution in [3.05, 3.63) is 41.2 Å². The van der Waals surface area contributed by atoms with Gasteiger partial charge in [-0.25, -0.2) is 4.85 Å². The predicted molar refractivity (Wildman–Crippen MR) is 55.9 cm³/mol. The topological polar surface area (TPSA) is 4.36 Å². The smallest absolute Gasteiger partial charge is 0.187 e. The largest absolute Gasteiger partial charge is 0.238 e. The first-order valence-electron chi connectivity index (χ1n) is 4.69. The molecule has 13 heavy (non-hydrogen) atoms. The second-order valence-electron chi connectivity index (χ2n) is 3.71. The number of hydrogen-bond acceptors (Lipinski definition) is 0. The van der Waals surface area contributed by atoms with E-state index in [2.05, 4.69) is 24.8 Å². The Bertz CT molecular complexity index is 307. The zero-order chi connectivity index (χ0) is 9.68. The summed E-state index contributed by atoms with van der Waals surface area (Å²) in [5, 5.41) is 0. The Balaban J connectivity index is 2.63. The number of aryl methyl sites for hydroxylation is 1. The first-order chi connectivity index (χ1) is 6.22. The lowest BCUT2D eigenvalue weighted by Gasteiger charge is -2.04. The van der Waals surface area contributed by atoms with E-state index in [0.29, 0.717) is 0 Å². The van der Waals surface area contributed by atoms with E-state index in [4.69, 9.17) is 6.57 Å². The molecule has 1 nitrogen and oxygen atoms in total. The van der Waals surface area contributed by atoms with Crippen molar-refractivity contribution in [3.8, 4) is 0 Å². The summed E-state index contributed by atoms with van der Waals surface area (Å²) in [6, 6.07) is 7.89. The molecule has 1 aromatic carbocycles. The summed E-state index contributed by atoms with van der Waals surface area (Å²) in [6.45, 7) is 11.3. The molecule has 0 aliphatic carbocycles. The van der Waals surface area contributed by atoms with E-state index in [0.717, 1.165) is 18.0 Å². The Morgan fingerprint density at radius 1 is 1.38 bits per heavy atom. The molecule has 0 saturated heterocycles. The molecule has 0 saturated carbocycles. The minimum atomic E-state index is 0.733. The molecule has 1 rings (SSSR count). The molecule has 0 spiro atoms. The molecule has 1 aromatic rings. The molecule has 68 valence electrons. The zero-order valence-electron chi connectivity index (χ0n) is 8.25. The van der Waals surface area contributed by atoms with Gasteiger partial charge in [0.2, 0.25) is 0 Å². The van der Waals surface area contributed by atoms with Crippen LogP contribution in [0.25, 0.3) is 4.85 Å². The monoisotopic (exact) mass is 173 g/mol. The predicted octanol–water partition coefficient (Wildman–Crippen LogP) is 3.83. The fourth-order valence-corrected chi connectivity index (χ4v) is 1.24. The average molecular weight is 173 g/mol. The molecule has 0 heterocycles. The van der Waals surface area contributed by atoms with Crippen LogP contribution in [-0.2, 0) is 6.42 Å². The average Bonchev–Trinajstić information content (AvgIpc) is 2.15. The van der Waals surface area contributed by atoms with Gasteiger partial charge in [-0.1, -0.05) is 43.7 Å². The van der Waals surface area contributed by atoms with Crippen molar-refractivity contribution in [1.82, 2.24) is 0 Å². The van der Waals surface area contributed by atoms with Gasteiger partial charge < -0.3 is 0 Å². The molecule has 0 aliphatic heterocycles. The molecular formula is C12H15N. The van der Waals surface area contributed by atoms with E-state index in [1.165, 1.54) is 12.0 Å². The normalized spacial score (nSPS) is 10.0. The van der Waals surface area contributed by atoms with Crippen LogP contribution in [0.15, 0.2) is 24.3 Å². The lowest BCUT2D eigenvalue weighted by molar-refractivity contribution is 0.587. The van der Waals surface area contributed by atoms with Crippen molar-refractivity contribution in [2.45, 2.75) is 26.7 Å². The Hall–Kier alpha value is -1.29. The van der Waals surface area contributed by atoms with Gasteiger partial charge in [0.05, 0.1) is 6.57 Å². The van der Waals surface area contributed by atoms with E-state index in [1.807, 2.05) is 18.2 Å². The molecule has 0 atom stereocenters. The van der Waals surface area contributed by atoms with Gasteiger partial charge in [0, 0.05) is 0 Å². The van der Waals surface area contributed by atoms with Gasteiger partial charge in [-0.05, 0) is 18.8 Å². The summed E-state index contributed by atoms with van der Waals surface area (Å²) in [7, 11) is 0. The van der Waals surface area contributed by atoms with E-state index >= 15 is 0 Å². The van der Waals surface area contributed by atoms with Gasteiger partial charge in [0.25, 0.3) is 0 Å². The van der Waals surface area contributed by atoms with Crippen LogP contribution in [0, 0.1) is 12.5 Å². The van der Waals surface area contributed by atoms with Crippen molar-refractivity contribution in [2.75, 3.05) is 0 Å². The molecule has 0 N–H and O–H groups in total. The quantitative estimate of drug-likeness (QED) is 0.612. The second kappa shape index (κ2) is 4.67. The molecule has 0 fully saturated rings. The van der Waals surface area contributed by atoms with E-state index in [9.17, 15) is 0 Å². The molecule has 0 amide bonds. The number of nitrogens with zero attached hydrogens (tertiary/aromatic N) is 1. The van der Waals surface area contributed by atoms with E-state index in [-0.39, 0.29) is 0 Å². The SMILES string of the molecule is [C-]#[N+]c1cccc(CCC(C)C)c1. The fraction of sp³-hybridized carbons (Fsp3) is 0.417. The maximum absolute atomic E-state index is 6.88. The van der Waals surface area contributed by atoms with Gasteiger partial charge in [-0.3, -0.25) is 0 Å². The van der Waals surface area contributed by atoms with Crippen LogP contribution in [0.5, 0.6) is 0 Å². The van der Waals surface area contributed by atoms with Crippen LogP contribution in [0.2, 0.25) is 0 Å². The lowest BCUT2D eigenvalue weighted by atomic mass is 10.0. The van der Waals surface area contributed by atoms with Crippen LogP contribution in [0.4, 0.5) is 5.69 Å². The Kier molecular flexibility index (Phi) is 3.52. The standard InChI is InChI=1S/C12H15N/c1-10(2)7-8-11-5-4-6-12(9-11)13-3/h4-6,9-10H,7-8H2,1-2H3. The van der Waals surface area contributed by atoms with Gasteiger partial charge in [0.15, 0.2) is 5.69 Å². The molecule has 0 aromatic heterocycles. The lowest BCUT2D eigenvalue weighted by Crippen LogP contribution is -1.91. The summed E-state index contributed by atoms with van der Waals surface area (Å²) in [4.78, 5) is 3.41. The first kappa shape index (κ1) is 9.80. The number of rotatable bonds is 3. The molecule has 0 unspecified atom stereocenters. The third kappa shape index (κ3) is 3.29. The minimum Gasteiger partial charge on any atom is -0.238 e. The summed E-state index contributed by atoms with van der Waals surface area (Å²) in [5.41, 5.74) is 2.03. The molecule has 0 aliphatic rings. The van der Waals surface area contributed by atoms with Crippen LogP contribution in [0.1, 0.15) is 25.8 Å². The van der Waals surface area contributed by atoms with Crippen molar-refractivity contribution < 1.29 is 0 Å². The van der Waals surface area contributed by atoms with Crippen LogP contribution >= 0.6 is 0 Å². The Morgan fingerprint density at radius 3 is 2.77 bits per heavy atom. The van der Waals surface area contributed by atoms with E-state index in [1.54, 1.807) is 0 Å². The Morgan fingerprint density at radius 2 is 2.15 bits per heavy atom. The zero-order valence-corrected chi connectivity index (χ0v) is 8.25. The number of benzene rings is 1. The highest BCUT2D eigenvalue weighted by Crippen LogP contribution is 2.16. The van der Waals surface area contributed by atoms with Gasteiger partial charge in [0.1, 0.15) is 0 Å². The molecule has 1 heteroatoms. The number of hydrogen-bond donors (Lipinski definition) is 0. The molecule has 0 radical (unpaired) electrons. The minimum absolute atomic E-state index is 0.733. The maximum atomic E-state index is 6.88. The van der Waals surface area contributed by atoms with Gasteiger partial charge in [-0.15, -0.1) is 0 Å². The summed E-state index contributed by atoms with van der Waals surface area (Å²) in [6.07, 6.45) is 2.28. The van der Waals surface area contributed by atoms with Crippen molar-refractivity contribution >= 4 is 5.69 Å². The van der Waals surface area contributed by atoms with Crippen molar-refractivity contribution in [2.24, 2.45) is 5.92 Å². The van der Waals surface area contributed by atoms with Gasteiger partial charge in [-0.2, -0.15) is 0 Å². The highest BCUT2D eigenvalue weighted by Gasteiger charge is 1.97. The van der Waals surface area contributed by atoms with Gasteiger partial charge >= 0.3 is 0 Å². The summed E-state index contributed by atoms with van der Waals surface area (Å²) in [5.74, 6) is 0.733. The van der Waals surface area contributed by atoms with Crippen molar-refractivity contribution in [3.63, 3.8) is 0 Å². The van der Waals surface area contributed by atoms with Crippen LogP contribution in [0.3, 0.4) is 0 Å². The van der Waals surface area contributed by atoms with Crippen molar-refractivity contribution in [1.29, 1.82) is 0 Å². The second-order valence-corrected chi connectivity index (χ2v) is 3.71. The maximum Gasteiger partial charge on any atom is 0.187 e. The summed E-state index contributed by atoms with van der Waals surface area (Å²) >= 11 is 0. The molecule has 0 bridgehead atoms. The summed E-state index contributed by atoms with van der Waals surface area (Å²) < 4.78 is 0. The third-order valence-corrected chi connectivity index (χ3v) is 2.05.